The lowest BCUT2D eigenvalue weighted by Gasteiger charge is -2.38. The highest BCUT2D eigenvalue weighted by Crippen LogP contribution is 2.16. The van der Waals surface area contributed by atoms with Crippen LogP contribution in [0.25, 0.3) is 0 Å². The first kappa shape index (κ1) is 13.6. The third-order valence-corrected chi connectivity index (χ3v) is 3.43. The molecule has 0 bridgehead atoms. The Kier molecular flexibility index (Phi) is 3.90. The molecule has 3 N–H and O–H groups in total. The molecular formula is C13H18FN3O2. The summed E-state index contributed by atoms with van der Waals surface area (Å²) in [6.45, 7) is 4.27. The molecule has 1 atom stereocenters. The van der Waals surface area contributed by atoms with E-state index in [9.17, 15) is 9.18 Å². The Morgan fingerprint density at radius 2 is 2.26 bits per heavy atom. The highest BCUT2D eigenvalue weighted by molar-refractivity contribution is 5.65. The van der Waals surface area contributed by atoms with E-state index < -0.39 is 11.9 Å². The van der Waals surface area contributed by atoms with Crippen LogP contribution in [0.3, 0.4) is 0 Å². The van der Waals surface area contributed by atoms with E-state index in [-0.39, 0.29) is 11.7 Å². The second-order valence-corrected chi connectivity index (χ2v) is 4.92. The summed E-state index contributed by atoms with van der Waals surface area (Å²) in [5.41, 5.74) is 6.43. The van der Waals surface area contributed by atoms with Crippen LogP contribution in [-0.2, 0) is 6.54 Å². The molecule has 19 heavy (non-hydrogen) atoms. The Hall–Kier alpha value is -1.82. The van der Waals surface area contributed by atoms with Crippen LogP contribution in [0.1, 0.15) is 12.5 Å². The van der Waals surface area contributed by atoms with Crippen LogP contribution in [0.15, 0.2) is 18.2 Å². The largest absolute Gasteiger partial charge is 0.465 e. The lowest BCUT2D eigenvalue weighted by molar-refractivity contribution is 0.0711. The Labute approximate surface area is 111 Å². The molecule has 5 nitrogen and oxygen atoms in total. The predicted molar refractivity (Wildman–Crippen MR) is 70.3 cm³/mol. The van der Waals surface area contributed by atoms with Crippen molar-refractivity contribution in [3.63, 3.8) is 0 Å². The van der Waals surface area contributed by atoms with Gasteiger partial charge in [0.15, 0.2) is 0 Å². The van der Waals surface area contributed by atoms with Gasteiger partial charge in [-0.25, -0.2) is 9.18 Å². The van der Waals surface area contributed by atoms with E-state index >= 15 is 0 Å². The van der Waals surface area contributed by atoms with E-state index in [0.717, 1.165) is 5.56 Å². The molecule has 6 heteroatoms. The Bertz CT molecular complexity index is 481. The van der Waals surface area contributed by atoms with Crippen molar-refractivity contribution < 1.29 is 14.3 Å². The van der Waals surface area contributed by atoms with Gasteiger partial charge in [0.2, 0.25) is 0 Å². The quantitative estimate of drug-likeness (QED) is 0.798. The zero-order valence-corrected chi connectivity index (χ0v) is 10.8. The standard InChI is InChI=1S/C13H18FN3O2/c1-9-7-16(4-5-17(9)13(18)19)8-10-2-3-12(15)11(14)6-10/h2-3,6,9H,4-5,7-8,15H2,1H3,(H,18,19)/t9-/m0/s1. The molecule has 1 aliphatic heterocycles. The minimum Gasteiger partial charge on any atom is -0.465 e. The van der Waals surface area contributed by atoms with Gasteiger partial charge in [-0.1, -0.05) is 6.07 Å². The Balaban J connectivity index is 1.98. The fraction of sp³-hybridized carbons (Fsp3) is 0.462. The van der Waals surface area contributed by atoms with E-state index in [1.54, 1.807) is 12.1 Å². The minimum atomic E-state index is -0.884. The molecule has 104 valence electrons. The number of benzene rings is 1. The number of carbonyl (C=O) groups is 1. The van der Waals surface area contributed by atoms with Gasteiger partial charge in [0.1, 0.15) is 5.82 Å². The zero-order valence-electron chi connectivity index (χ0n) is 10.8. The lowest BCUT2D eigenvalue weighted by atomic mass is 10.1. The second kappa shape index (κ2) is 5.44. The molecule has 1 aromatic carbocycles. The summed E-state index contributed by atoms with van der Waals surface area (Å²) < 4.78 is 13.3. The summed E-state index contributed by atoms with van der Waals surface area (Å²) in [5, 5.41) is 9.00. The van der Waals surface area contributed by atoms with Crippen molar-refractivity contribution in [1.82, 2.24) is 9.80 Å². The Morgan fingerprint density at radius 1 is 1.53 bits per heavy atom. The monoisotopic (exact) mass is 267 g/mol. The first-order valence-electron chi connectivity index (χ1n) is 6.23. The fourth-order valence-corrected chi connectivity index (χ4v) is 2.39. The molecule has 0 unspecified atom stereocenters. The summed E-state index contributed by atoms with van der Waals surface area (Å²) in [7, 11) is 0. The van der Waals surface area contributed by atoms with Crippen molar-refractivity contribution in [3.05, 3.63) is 29.6 Å². The molecule has 1 aromatic rings. The lowest BCUT2D eigenvalue weighted by Crippen LogP contribution is -2.53. The van der Waals surface area contributed by atoms with Crippen LogP contribution < -0.4 is 5.73 Å². The smallest absolute Gasteiger partial charge is 0.407 e. The number of carboxylic acid groups (broad SMARTS) is 1. The SMILES string of the molecule is C[C@H]1CN(Cc2ccc(N)c(F)c2)CCN1C(=O)O. The van der Waals surface area contributed by atoms with E-state index in [2.05, 4.69) is 4.90 Å². The summed E-state index contributed by atoms with van der Waals surface area (Å²) in [5.74, 6) is -0.408. The molecular weight excluding hydrogens is 249 g/mol. The molecule has 0 aliphatic carbocycles. The highest BCUT2D eigenvalue weighted by atomic mass is 19.1. The van der Waals surface area contributed by atoms with Gasteiger partial charge in [0, 0.05) is 32.2 Å². The average molecular weight is 267 g/mol. The number of amides is 1. The van der Waals surface area contributed by atoms with Crippen LogP contribution in [0.4, 0.5) is 14.9 Å². The van der Waals surface area contributed by atoms with Gasteiger partial charge in [-0.2, -0.15) is 0 Å². The van der Waals surface area contributed by atoms with E-state index in [0.29, 0.717) is 26.2 Å². The minimum absolute atomic E-state index is 0.0510. The van der Waals surface area contributed by atoms with Crippen LogP contribution in [0.2, 0.25) is 0 Å². The summed E-state index contributed by atoms with van der Waals surface area (Å²) in [6.07, 6.45) is -0.884. The number of anilines is 1. The molecule has 0 spiro atoms. The van der Waals surface area contributed by atoms with Crippen LogP contribution >= 0.6 is 0 Å². The molecule has 0 saturated carbocycles. The first-order valence-corrected chi connectivity index (χ1v) is 6.23. The van der Waals surface area contributed by atoms with Gasteiger partial charge >= 0.3 is 6.09 Å². The Morgan fingerprint density at radius 3 is 2.84 bits per heavy atom. The number of nitrogens with zero attached hydrogens (tertiary/aromatic N) is 2. The maximum atomic E-state index is 13.3. The predicted octanol–water partition coefficient (Wildman–Crippen LogP) is 1.59. The van der Waals surface area contributed by atoms with Crippen molar-refractivity contribution in [2.75, 3.05) is 25.4 Å². The second-order valence-electron chi connectivity index (χ2n) is 4.92. The molecule has 1 fully saturated rings. The van der Waals surface area contributed by atoms with E-state index in [1.807, 2.05) is 6.92 Å². The molecule has 1 saturated heterocycles. The summed E-state index contributed by atoms with van der Waals surface area (Å²) >= 11 is 0. The van der Waals surface area contributed by atoms with Crippen LogP contribution in [-0.4, -0.2) is 46.7 Å². The molecule has 2 rings (SSSR count). The third-order valence-electron chi connectivity index (χ3n) is 3.43. The van der Waals surface area contributed by atoms with Crippen molar-refractivity contribution >= 4 is 11.8 Å². The fourth-order valence-electron chi connectivity index (χ4n) is 2.39. The van der Waals surface area contributed by atoms with Gasteiger partial charge in [0.25, 0.3) is 0 Å². The van der Waals surface area contributed by atoms with Crippen molar-refractivity contribution in [1.29, 1.82) is 0 Å². The molecule has 1 heterocycles. The summed E-state index contributed by atoms with van der Waals surface area (Å²) in [4.78, 5) is 14.5. The van der Waals surface area contributed by atoms with E-state index in [4.69, 9.17) is 10.8 Å². The topological polar surface area (TPSA) is 69.8 Å². The van der Waals surface area contributed by atoms with Crippen molar-refractivity contribution in [2.24, 2.45) is 0 Å². The van der Waals surface area contributed by atoms with Gasteiger partial charge in [-0.15, -0.1) is 0 Å². The maximum absolute atomic E-state index is 13.3. The van der Waals surface area contributed by atoms with Crippen LogP contribution in [0.5, 0.6) is 0 Å². The van der Waals surface area contributed by atoms with Gasteiger partial charge in [-0.3, -0.25) is 4.90 Å². The zero-order chi connectivity index (χ0) is 14.0. The molecule has 1 amide bonds. The number of halogens is 1. The van der Waals surface area contributed by atoms with Gasteiger partial charge < -0.3 is 15.7 Å². The van der Waals surface area contributed by atoms with Crippen LogP contribution in [0, 0.1) is 5.82 Å². The number of piperazine rings is 1. The number of hydrogen-bond donors (Lipinski definition) is 2. The maximum Gasteiger partial charge on any atom is 0.407 e. The molecule has 1 aliphatic rings. The first-order chi connectivity index (χ1) is 8.97. The van der Waals surface area contributed by atoms with Crippen molar-refractivity contribution in [2.45, 2.75) is 19.5 Å². The highest BCUT2D eigenvalue weighted by Gasteiger charge is 2.26. The average Bonchev–Trinajstić information content (AvgIpc) is 2.33. The molecule has 0 radical (unpaired) electrons. The molecule has 0 aromatic heterocycles. The number of nitrogen functional groups attached to an aromatic ring is 1. The number of hydrogen-bond acceptors (Lipinski definition) is 3. The number of nitrogens with two attached hydrogens (primary N) is 1. The third kappa shape index (κ3) is 3.14. The van der Waals surface area contributed by atoms with E-state index in [1.165, 1.54) is 11.0 Å². The van der Waals surface area contributed by atoms with Crippen molar-refractivity contribution in [3.8, 4) is 0 Å². The summed E-state index contributed by atoms with van der Waals surface area (Å²) in [6, 6.07) is 4.74. The number of rotatable bonds is 2. The van der Waals surface area contributed by atoms with Gasteiger partial charge in [-0.05, 0) is 24.6 Å². The normalized spacial score (nSPS) is 20.5. The van der Waals surface area contributed by atoms with Gasteiger partial charge in [0.05, 0.1) is 5.69 Å².